The van der Waals surface area contributed by atoms with Crippen molar-refractivity contribution < 1.29 is 9.18 Å². The van der Waals surface area contributed by atoms with Crippen LogP contribution in [0.4, 0.5) is 4.39 Å². The molecule has 132 valence electrons. The first-order chi connectivity index (χ1) is 12.1. The number of nitrogens with zero attached hydrogens (tertiary/aromatic N) is 2. The highest BCUT2D eigenvalue weighted by Gasteiger charge is 2.21. The van der Waals surface area contributed by atoms with Crippen LogP contribution in [0.15, 0.2) is 42.7 Å². The number of piperidine rings is 1. The number of likely N-dealkylation sites (tertiary alicyclic amines) is 1. The molecule has 0 saturated carbocycles. The Labute approximate surface area is 152 Å². The van der Waals surface area contributed by atoms with Crippen molar-refractivity contribution in [3.05, 3.63) is 64.7 Å². The number of carbonyl (C=O) groups excluding carboxylic acids is 1. The lowest BCUT2D eigenvalue weighted by Gasteiger charge is -2.32. The SMILES string of the molecule is O=C(Cc1c(F)cccc1Cl)NC1CCN(Cc2ccncc2)CC1. The molecule has 3 rings (SSSR count). The second kappa shape index (κ2) is 8.41. The molecule has 0 radical (unpaired) electrons. The quantitative estimate of drug-likeness (QED) is 0.889. The van der Waals surface area contributed by atoms with Gasteiger partial charge in [0, 0.05) is 48.7 Å². The van der Waals surface area contributed by atoms with Gasteiger partial charge in [0.2, 0.25) is 5.91 Å². The van der Waals surface area contributed by atoms with E-state index in [0.29, 0.717) is 5.02 Å². The minimum Gasteiger partial charge on any atom is -0.353 e. The molecular weight excluding hydrogens is 341 g/mol. The molecule has 0 spiro atoms. The third-order valence-corrected chi connectivity index (χ3v) is 4.86. The summed E-state index contributed by atoms with van der Waals surface area (Å²) in [6, 6.07) is 8.64. The zero-order valence-electron chi connectivity index (χ0n) is 13.9. The molecule has 2 heterocycles. The number of aromatic nitrogens is 1. The van der Waals surface area contributed by atoms with Gasteiger partial charge in [0.15, 0.2) is 0 Å². The third kappa shape index (κ3) is 5.00. The Hall–Kier alpha value is -1.98. The van der Waals surface area contributed by atoms with Gasteiger partial charge in [-0.05, 0) is 42.7 Å². The van der Waals surface area contributed by atoms with Crippen LogP contribution in [0.25, 0.3) is 0 Å². The van der Waals surface area contributed by atoms with Crippen molar-refractivity contribution in [1.29, 1.82) is 0 Å². The molecule has 4 nitrogen and oxygen atoms in total. The Morgan fingerprint density at radius 2 is 1.96 bits per heavy atom. The smallest absolute Gasteiger partial charge is 0.224 e. The van der Waals surface area contributed by atoms with E-state index in [1.807, 2.05) is 12.1 Å². The standard InChI is InChI=1S/C19H21ClFN3O/c20-17-2-1-3-18(21)16(17)12-19(25)23-15-6-10-24(11-7-15)13-14-4-8-22-9-5-14/h1-5,8-9,15H,6-7,10-13H2,(H,23,25). The molecule has 1 amide bonds. The predicted molar refractivity (Wildman–Crippen MR) is 95.8 cm³/mol. The van der Waals surface area contributed by atoms with Crippen molar-refractivity contribution in [1.82, 2.24) is 15.2 Å². The second-order valence-electron chi connectivity index (χ2n) is 6.35. The molecule has 1 aromatic heterocycles. The molecule has 0 unspecified atom stereocenters. The van der Waals surface area contributed by atoms with Crippen molar-refractivity contribution in [3.8, 4) is 0 Å². The summed E-state index contributed by atoms with van der Waals surface area (Å²) in [5.74, 6) is -0.616. The number of nitrogens with one attached hydrogen (secondary N) is 1. The molecule has 1 saturated heterocycles. The largest absolute Gasteiger partial charge is 0.353 e. The Kier molecular flexibility index (Phi) is 6.00. The van der Waals surface area contributed by atoms with Crippen LogP contribution in [0.2, 0.25) is 5.02 Å². The minimum atomic E-state index is -0.435. The number of amides is 1. The van der Waals surface area contributed by atoms with Gasteiger partial charge in [-0.1, -0.05) is 17.7 Å². The molecule has 1 fully saturated rings. The first kappa shape index (κ1) is 17.8. The van der Waals surface area contributed by atoms with Gasteiger partial charge < -0.3 is 5.32 Å². The number of hydrogen-bond acceptors (Lipinski definition) is 3. The molecule has 1 N–H and O–H groups in total. The maximum absolute atomic E-state index is 13.8. The van der Waals surface area contributed by atoms with Crippen molar-refractivity contribution in [2.45, 2.75) is 31.8 Å². The van der Waals surface area contributed by atoms with E-state index < -0.39 is 5.82 Å². The normalized spacial score (nSPS) is 15.9. The number of halogens is 2. The van der Waals surface area contributed by atoms with E-state index in [2.05, 4.69) is 15.2 Å². The average molecular weight is 362 g/mol. The van der Waals surface area contributed by atoms with Gasteiger partial charge >= 0.3 is 0 Å². The van der Waals surface area contributed by atoms with Crippen molar-refractivity contribution in [2.75, 3.05) is 13.1 Å². The molecule has 1 aromatic carbocycles. The van der Waals surface area contributed by atoms with E-state index in [4.69, 9.17) is 11.6 Å². The fourth-order valence-corrected chi connectivity index (χ4v) is 3.35. The Morgan fingerprint density at radius 1 is 1.24 bits per heavy atom. The number of hydrogen-bond donors (Lipinski definition) is 1. The summed E-state index contributed by atoms with van der Waals surface area (Å²) < 4.78 is 13.8. The minimum absolute atomic E-state index is 0.0251. The Bertz CT molecular complexity index is 698. The molecule has 1 aliphatic heterocycles. The summed E-state index contributed by atoms with van der Waals surface area (Å²) in [5.41, 5.74) is 1.50. The van der Waals surface area contributed by atoms with Gasteiger partial charge in [0.1, 0.15) is 5.82 Å². The van der Waals surface area contributed by atoms with E-state index in [1.165, 1.54) is 17.7 Å². The summed E-state index contributed by atoms with van der Waals surface area (Å²) >= 11 is 5.98. The lowest BCUT2D eigenvalue weighted by atomic mass is 10.0. The van der Waals surface area contributed by atoms with Gasteiger partial charge in [0.05, 0.1) is 6.42 Å². The number of benzene rings is 1. The highest BCUT2D eigenvalue weighted by molar-refractivity contribution is 6.31. The molecule has 6 heteroatoms. The van der Waals surface area contributed by atoms with Crippen LogP contribution in [-0.4, -0.2) is 34.9 Å². The highest BCUT2D eigenvalue weighted by Crippen LogP contribution is 2.20. The van der Waals surface area contributed by atoms with E-state index in [1.54, 1.807) is 18.5 Å². The molecule has 2 aromatic rings. The van der Waals surface area contributed by atoms with E-state index in [0.717, 1.165) is 32.5 Å². The van der Waals surface area contributed by atoms with Gasteiger partial charge in [-0.2, -0.15) is 0 Å². The first-order valence-electron chi connectivity index (χ1n) is 8.45. The van der Waals surface area contributed by atoms with E-state index in [9.17, 15) is 9.18 Å². The van der Waals surface area contributed by atoms with Crippen LogP contribution in [0.1, 0.15) is 24.0 Å². The fourth-order valence-electron chi connectivity index (χ4n) is 3.12. The number of pyridine rings is 1. The van der Waals surface area contributed by atoms with Crippen LogP contribution in [0, 0.1) is 5.82 Å². The van der Waals surface area contributed by atoms with Gasteiger partial charge in [-0.3, -0.25) is 14.7 Å². The molecule has 25 heavy (non-hydrogen) atoms. The summed E-state index contributed by atoms with van der Waals surface area (Å²) in [6.45, 7) is 2.75. The summed E-state index contributed by atoms with van der Waals surface area (Å²) in [5, 5.41) is 3.30. The maximum Gasteiger partial charge on any atom is 0.224 e. The number of carbonyl (C=O) groups is 1. The van der Waals surface area contributed by atoms with Gasteiger partial charge in [-0.15, -0.1) is 0 Å². The van der Waals surface area contributed by atoms with E-state index >= 15 is 0 Å². The monoisotopic (exact) mass is 361 g/mol. The molecule has 0 atom stereocenters. The van der Waals surface area contributed by atoms with Crippen LogP contribution in [0.5, 0.6) is 0 Å². The zero-order chi connectivity index (χ0) is 17.6. The van der Waals surface area contributed by atoms with Gasteiger partial charge in [0.25, 0.3) is 0 Å². The van der Waals surface area contributed by atoms with Gasteiger partial charge in [-0.25, -0.2) is 4.39 Å². The summed E-state index contributed by atoms with van der Waals surface area (Å²) in [6.07, 6.45) is 5.36. The first-order valence-corrected chi connectivity index (χ1v) is 8.83. The number of rotatable bonds is 5. The van der Waals surface area contributed by atoms with E-state index in [-0.39, 0.29) is 23.9 Å². The van der Waals surface area contributed by atoms with Crippen LogP contribution >= 0.6 is 11.6 Å². The molecule has 0 aliphatic carbocycles. The molecule has 0 bridgehead atoms. The zero-order valence-corrected chi connectivity index (χ0v) is 14.7. The maximum atomic E-state index is 13.8. The van der Waals surface area contributed by atoms with Crippen LogP contribution < -0.4 is 5.32 Å². The predicted octanol–water partition coefficient (Wildman–Crippen LogP) is 3.20. The lowest BCUT2D eigenvalue weighted by molar-refractivity contribution is -0.121. The Morgan fingerprint density at radius 3 is 2.64 bits per heavy atom. The second-order valence-corrected chi connectivity index (χ2v) is 6.76. The summed E-state index contributed by atoms with van der Waals surface area (Å²) in [4.78, 5) is 18.6. The van der Waals surface area contributed by atoms with Crippen molar-refractivity contribution in [2.24, 2.45) is 0 Å². The van der Waals surface area contributed by atoms with Crippen molar-refractivity contribution in [3.63, 3.8) is 0 Å². The molecule has 1 aliphatic rings. The van der Waals surface area contributed by atoms with Crippen LogP contribution in [0.3, 0.4) is 0 Å². The molecular formula is C19H21ClFN3O. The lowest BCUT2D eigenvalue weighted by Crippen LogP contribution is -2.44. The summed E-state index contributed by atoms with van der Waals surface area (Å²) in [7, 11) is 0. The fraction of sp³-hybridized carbons (Fsp3) is 0.368. The van der Waals surface area contributed by atoms with Crippen LogP contribution in [-0.2, 0) is 17.8 Å². The average Bonchev–Trinajstić information content (AvgIpc) is 2.61. The van der Waals surface area contributed by atoms with Crippen molar-refractivity contribution >= 4 is 17.5 Å². The Balaban J connectivity index is 1.46. The highest BCUT2D eigenvalue weighted by atomic mass is 35.5. The topological polar surface area (TPSA) is 45.2 Å². The third-order valence-electron chi connectivity index (χ3n) is 4.51.